The lowest BCUT2D eigenvalue weighted by molar-refractivity contribution is 0.244. The molecule has 6 nitrogen and oxygen atoms in total. The number of guanidine groups is 1. The lowest BCUT2D eigenvalue weighted by Gasteiger charge is -2.43. The molecule has 0 radical (unpaired) electrons. The topological polar surface area (TPSA) is 64.1 Å². The van der Waals surface area contributed by atoms with E-state index >= 15 is 0 Å². The van der Waals surface area contributed by atoms with Crippen molar-refractivity contribution in [3.8, 4) is 17.2 Å². The van der Waals surface area contributed by atoms with Crippen molar-refractivity contribution in [2.75, 3.05) is 34.4 Å². The second-order valence-electron chi connectivity index (χ2n) is 7.58. The summed E-state index contributed by atoms with van der Waals surface area (Å²) in [6.07, 6.45) is 3.68. The number of nitrogens with zero attached hydrogens (tertiary/aromatic N) is 1. The molecule has 1 fully saturated rings. The van der Waals surface area contributed by atoms with Crippen molar-refractivity contribution in [1.29, 1.82) is 0 Å². The summed E-state index contributed by atoms with van der Waals surface area (Å²) in [4.78, 5) is 4.79. The maximum Gasteiger partial charge on any atom is 0.203 e. The third kappa shape index (κ3) is 5.96. The summed E-state index contributed by atoms with van der Waals surface area (Å²) < 4.78 is 16.3. The van der Waals surface area contributed by atoms with E-state index in [-0.39, 0.29) is 29.4 Å². The molecule has 0 amide bonds. The van der Waals surface area contributed by atoms with Gasteiger partial charge in [-0.25, -0.2) is 4.99 Å². The van der Waals surface area contributed by atoms with Crippen molar-refractivity contribution >= 4 is 29.9 Å². The van der Waals surface area contributed by atoms with Crippen molar-refractivity contribution in [3.05, 3.63) is 53.6 Å². The summed E-state index contributed by atoms with van der Waals surface area (Å²) in [5.41, 5.74) is 2.59. The maximum absolute atomic E-state index is 5.45. The average molecular weight is 539 g/mol. The molecule has 0 aliphatic heterocycles. The van der Waals surface area contributed by atoms with Crippen molar-refractivity contribution in [3.63, 3.8) is 0 Å². The van der Waals surface area contributed by atoms with Crippen LogP contribution in [0.1, 0.15) is 37.3 Å². The zero-order valence-electron chi connectivity index (χ0n) is 18.9. The summed E-state index contributed by atoms with van der Waals surface area (Å²) in [6, 6.07) is 14.7. The third-order valence-electron chi connectivity index (χ3n) is 5.78. The molecule has 3 rings (SSSR count). The number of ether oxygens (including phenoxy) is 3. The van der Waals surface area contributed by atoms with Crippen LogP contribution in [0.25, 0.3) is 0 Å². The van der Waals surface area contributed by atoms with Gasteiger partial charge in [0.15, 0.2) is 17.5 Å². The van der Waals surface area contributed by atoms with Gasteiger partial charge in [-0.15, -0.1) is 24.0 Å². The van der Waals surface area contributed by atoms with Gasteiger partial charge in [-0.3, -0.25) is 0 Å². The molecule has 0 atom stereocenters. The minimum absolute atomic E-state index is 0. The highest BCUT2D eigenvalue weighted by molar-refractivity contribution is 14.0. The van der Waals surface area contributed by atoms with Crippen LogP contribution in [0.4, 0.5) is 0 Å². The fourth-order valence-corrected chi connectivity index (χ4v) is 3.95. The van der Waals surface area contributed by atoms with Crippen LogP contribution in [0.5, 0.6) is 17.2 Å². The Hall–Kier alpha value is -2.16. The smallest absolute Gasteiger partial charge is 0.203 e. The first-order valence-electron chi connectivity index (χ1n) is 10.5. The number of methoxy groups -OCH3 is 3. The van der Waals surface area contributed by atoms with E-state index in [1.54, 1.807) is 21.3 Å². The molecule has 0 saturated heterocycles. The van der Waals surface area contributed by atoms with Gasteiger partial charge in [-0.05, 0) is 43.0 Å². The number of aliphatic imine (C=N–C) groups is 1. The van der Waals surface area contributed by atoms with E-state index in [1.807, 2.05) is 12.1 Å². The number of hydrogen-bond donors (Lipinski definition) is 2. The first-order valence-corrected chi connectivity index (χ1v) is 10.5. The fraction of sp³-hybridized carbons (Fsp3) is 0.458. The van der Waals surface area contributed by atoms with Crippen LogP contribution in [0, 0.1) is 0 Å². The predicted molar refractivity (Wildman–Crippen MR) is 136 cm³/mol. The molecular formula is C24H34IN3O3. The molecule has 0 unspecified atom stereocenters. The molecule has 0 spiro atoms. The van der Waals surface area contributed by atoms with E-state index in [0.29, 0.717) is 23.8 Å². The van der Waals surface area contributed by atoms with Crippen molar-refractivity contribution < 1.29 is 14.2 Å². The van der Waals surface area contributed by atoms with E-state index in [4.69, 9.17) is 19.2 Å². The summed E-state index contributed by atoms with van der Waals surface area (Å²) in [7, 11) is 4.85. The number of rotatable bonds is 9. The molecule has 2 aromatic rings. The summed E-state index contributed by atoms with van der Waals surface area (Å²) >= 11 is 0. The number of benzene rings is 2. The van der Waals surface area contributed by atoms with E-state index in [1.165, 1.54) is 24.8 Å². The van der Waals surface area contributed by atoms with Gasteiger partial charge in [-0.2, -0.15) is 0 Å². The number of hydrogen-bond acceptors (Lipinski definition) is 4. The highest BCUT2D eigenvalue weighted by Crippen LogP contribution is 2.43. The molecule has 1 saturated carbocycles. The quantitative estimate of drug-likeness (QED) is 0.279. The van der Waals surface area contributed by atoms with Gasteiger partial charge < -0.3 is 24.8 Å². The first kappa shape index (κ1) is 25.1. The standard InChI is InChI=1S/C24H33N3O3.HI/c1-5-25-23(27-17-24(12-9-13-24)19-10-7-6-8-11-19)26-16-18-14-20(28-2)22(30-4)21(15-18)29-3;/h6-8,10-11,14-15H,5,9,12-13,16-17H2,1-4H3,(H2,25,26,27);1H. The van der Waals surface area contributed by atoms with Crippen LogP contribution in [0.2, 0.25) is 0 Å². The van der Waals surface area contributed by atoms with Crippen LogP contribution in [-0.2, 0) is 12.0 Å². The Labute approximate surface area is 202 Å². The van der Waals surface area contributed by atoms with Gasteiger partial charge >= 0.3 is 0 Å². The van der Waals surface area contributed by atoms with Crippen molar-refractivity contribution in [2.24, 2.45) is 4.99 Å². The van der Waals surface area contributed by atoms with E-state index < -0.39 is 0 Å². The lowest BCUT2D eigenvalue weighted by Crippen LogP contribution is -2.48. The van der Waals surface area contributed by atoms with Crippen LogP contribution < -0.4 is 24.8 Å². The zero-order valence-corrected chi connectivity index (χ0v) is 21.2. The van der Waals surface area contributed by atoms with Crippen LogP contribution in [-0.4, -0.2) is 40.4 Å². The van der Waals surface area contributed by atoms with E-state index in [2.05, 4.69) is 47.9 Å². The number of nitrogens with one attached hydrogen (secondary N) is 2. The van der Waals surface area contributed by atoms with Gasteiger partial charge in [0.25, 0.3) is 0 Å². The van der Waals surface area contributed by atoms with Crippen LogP contribution >= 0.6 is 24.0 Å². The largest absolute Gasteiger partial charge is 0.493 e. The normalized spacial score (nSPS) is 14.6. The Balaban J connectivity index is 0.00000341. The molecule has 31 heavy (non-hydrogen) atoms. The molecule has 1 aliphatic carbocycles. The maximum atomic E-state index is 5.45. The third-order valence-corrected chi connectivity index (χ3v) is 5.78. The molecule has 170 valence electrons. The average Bonchev–Trinajstić information content (AvgIpc) is 2.76. The molecule has 0 aromatic heterocycles. The Morgan fingerprint density at radius 2 is 1.61 bits per heavy atom. The summed E-state index contributed by atoms with van der Waals surface area (Å²) in [5.74, 6) is 2.68. The lowest BCUT2D eigenvalue weighted by atomic mass is 9.64. The number of halogens is 1. The molecule has 1 aliphatic rings. The molecule has 0 bridgehead atoms. The Bertz CT molecular complexity index is 829. The minimum atomic E-state index is 0. The molecule has 0 heterocycles. The first-order chi connectivity index (χ1) is 14.7. The molecule has 7 heteroatoms. The van der Waals surface area contributed by atoms with Gasteiger partial charge in [0.1, 0.15) is 0 Å². The fourth-order valence-electron chi connectivity index (χ4n) is 3.95. The second kappa shape index (κ2) is 12.0. The van der Waals surface area contributed by atoms with E-state index in [0.717, 1.165) is 24.6 Å². The van der Waals surface area contributed by atoms with Gasteiger partial charge in [-0.1, -0.05) is 36.8 Å². The predicted octanol–water partition coefficient (Wildman–Crippen LogP) is 4.51. The van der Waals surface area contributed by atoms with Gasteiger partial charge in [0.2, 0.25) is 5.75 Å². The molecule has 2 aromatic carbocycles. The SMILES string of the molecule is CCNC(=NCc1cc(OC)c(OC)c(OC)c1)NCC1(c2ccccc2)CCC1.I. The van der Waals surface area contributed by atoms with Crippen LogP contribution in [0.15, 0.2) is 47.5 Å². The summed E-state index contributed by atoms with van der Waals surface area (Å²) in [6.45, 7) is 4.26. The van der Waals surface area contributed by atoms with Crippen molar-refractivity contribution in [1.82, 2.24) is 10.6 Å². The van der Waals surface area contributed by atoms with Crippen LogP contribution in [0.3, 0.4) is 0 Å². The Kier molecular flexibility index (Phi) is 9.74. The van der Waals surface area contributed by atoms with Gasteiger partial charge in [0, 0.05) is 18.5 Å². The molecule has 2 N–H and O–H groups in total. The Morgan fingerprint density at radius 3 is 2.10 bits per heavy atom. The second-order valence-corrected chi connectivity index (χ2v) is 7.58. The summed E-state index contributed by atoms with van der Waals surface area (Å²) in [5, 5.41) is 6.92. The van der Waals surface area contributed by atoms with Gasteiger partial charge in [0.05, 0.1) is 27.9 Å². The van der Waals surface area contributed by atoms with Crippen molar-refractivity contribution in [2.45, 2.75) is 38.1 Å². The highest BCUT2D eigenvalue weighted by Gasteiger charge is 2.38. The monoisotopic (exact) mass is 539 g/mol. The minimum Gasteiger partial charge on any atom is -0.493 e. The zero-order chi connectivity index (χ0) is 21.4. The highest BCUT2D eigenvalue weighted by atomic mass is 127. The van der Waals surface area contributed by atoms with E-state index in [9.17, 15) is 0 Å². The Morgan fingerprint density at radius 1 is 0.968 bits per heavy atom. The molecular weight excluding hydrogens is 505 g/mol.